The number of aromatic nitrogens is 2. The molecule has 7 nitrogen and oxygen atoms in total. The van der Waals surface area contributed by atoms with Gasteiger partial charge < -0.3 is 19.9 Å². The molecule has 1 aromatic heterocycles. The quantitative estimate of drug-likeness (QED) is 0.503. The molecular weight excluding hydrogens is 362 g/mol. The van der Waals surface area contributed by atoms with Gasteiger partial charge in [-0.2, -0.15) is 0 Å². The average molecular weight is 390 g/mol. The number of nitrogens with zero attached hydrogens (tertiary/aromatic N) is 3. The SMILES string of the molecule is CNc1n[s+]([O-])nc1NC/C=C\COc1cccc(CN2CCCCC2)c1. The Balaban J connectivity index is 1.40. The predicted molar refractivity (Wildman–Crippen MR) is 109 cm³/mol. The van der Waals surface area contributed by atoms with E-state index in [4.69, 9.17) is 4.74 Å². The molecule has 0 spiro atoms. The van der Waals surface area contributed by atoms with E-state index in [1.165, 1.54) is 37.9 Å². The Labute approximate surface area is 163 Å². The van der Waals surface area contributed by atoms with Crippen LogP contribution in [-0.4, -0.2) is 51.5 Å². The van der Waals surface area contributed by atoms with Crippen LogP contribution in [-0.2, 0) is 6.54 Å². The first-order valence-electron chi connectivity index (χ1n) is 9.35. The third-order valence-corrected chi connectivity index (χ3v) is 5.13. The van der Waals surface area contributed by atoms with Gasteiger partial charge in [-0.1, -0.05) is 24.6 Å². The maximum atomic E-state index is 11.3. The molecule has 0 saturated carbocycles. The topological polar surface area (TPSA) is 85.4 Å². The van der Waals surface area contributed by atoms with E-state index in [1.54, 1.807) is 7.05 Å². The molecule has 0 amide bonds. The fourth-order valence-electron chi connectivity index (χ4n) is 3.10. The third-order valence-electron chi connectivity index (χ3n) is 4.45. The van der Waals surface area contributed by atoms with Gasteiger partial charge in [0.1, 0.15) is 12.4 Å². The molecular formula is C19H27N5O2S. The van der Waals surface area contributed by atoms with Crippen LogP contribution in [0.5, 0.6) is 5.75 Å². The zero-order valence-electron chi connectivity index (χ0n) is 15.7. The number of hydrogen-bond acceptors (Lipinski definition) is 7. The standard InChI is InChI=1S/C19H27N5O2S/c1-20-18-19(23-27(25)22-18)21-10-3-6-13-26-17-9-7-8-16(14-17)15-24-11-4-2-5-12-24/h3,6-9,14H,2,4-5,10-13,15H2,1H3,(H,20,22)(H,21,23)/b6-3-. The van der Waals surface area contributed by atoms with Crippen molar-refractivity contribution in [3.8, 4) is 5.75 Å². The van der Waals surface area contributed by atoms with E-state index in [0.29, 0.717) is 24.8 Å². The normalized spacial score (nSPS) is 15.9. The summed E-state index contributed by atoms with van der Waals surface area (Å²) in [5, 5.41) is 5.95. The lowest BCUT2D eigenvalue weighted by molar-refractivity contribution is 0.220. The van der Waals surface area contributed by atoms with E-state index in [1.807, 2.05) is 18.2 Å². The lowest BCUT2D eigenvalue weighted by Gasteiger charge is -2.26. The minimum absolute atomic E-state index is 0.500. The van der Waals surface area contributed by atoms with Crippen LogP contribution in [0.2, 0.25) is 0 Å². The lowest BCUT2D eigenvalue weighted by Crippen LogP contribution is -2.29. The minimum atomic E-state index is -1.52. The number of hydrogen-bond donors (Lipinski definition) is 2. The molecule has 8 heteroatoms. The first-order chi connectivity index (χ1) is 13.2. The van der Waals surface area contributed by atoms with Gasteiger partial charge in [-0.3, -0.25) is 4.90 Å². The monoisotopic (exact) mass is 389 g/mol. The van der Waals surface area contributed by atoms with Crippen molar-refractivity contribution in [1.29, 1.82) is 0 Å². The second kappa shape index (κ2) is 10.2. The molecule has 0 radical (unpaired) electrons. The molecule has 1 atom stereocenters. The molecule has 0 bridgehead atoms. The number of rotatable bonds is 9. The summed E-state index contributed by atoms with van der Waals surface area (Å²) in [6.45, 7) is 4.45. The van der Waals surface area contributed by atoms with Crippen LogP contribution in [0.3, 0.4) is 0 Å². The largest absolute Gasteiger partial charge is 0.546 e. The fourth-order valence-corrected chi connectivity index (χ4v) is 3.79. The van der Waals surface area contributed by atoms with Crippen molar-refractivity contribution in [2.75, 3.05) is 43.9 Å². The van der Waals surface area contributed by atoms with Gasteiger partial charge in [-0.05, 0) is 49.7 Å². The molecule has 2 N–H and O–H groups in total. The molecule has 1 aliphatic heterocycles. The Kier molecular flexibility index (Phi) is 7.44. The van der Waals surface area contributed by atoms with Gasteiger partial charge in [0.05, 0.1) is 0 Å². The summed E-state index contributed by atoms with van der Waals surface area (Å²) in [5.41, 5.74) is 1.30. The number of anilines is 2. The highest BCUT2D eigenvalue weighted by Crippen LogP contribution is 2.21. The second-order valence-corrected chi connectivity index (χ2v) is 7.33. The summed E-state index contributed by atoms with van der Waals surface area (Å²) in [7, 11) is 1.72. The van der Waals surface area contributed by atoms with Crippen molar-refractivity contribution in [2.45, 2.75) is 25.8 Å². The molecule has 3 rings (SSSR count). The van der Waals surface area contributed by atoms with Gasteiger partial charge >= 0.3 is 0 Å². The summed E-state index contributed by atoms with van der Waals surface area (Å²) in [5.74, 6) is 1.93. The van der Waals surface area contributed by atoms with Crippen LogP contribution in [0.25, 0.3) is 0 Å². The maximum Gasteiger partial charge on any atom is 0.233 e. The van der Waals surface area contributed by atoms with E-state index in [0.717, 1.165) is 12.3 Å². The van der Waals surface area contributed by atoms with Gasteiger partial charge in [0, 0.05) is 28.9 Å². The van der Waals surface area contributed by atoms with Crippen LogP contribution in [0.15, 0.2) is 36.4 Å². The molecule has 1 unspecified atom stereocenters. The van der Waals surface area contributed by atoms with Crippen LogP contribution < -0.4 is 15.4 Å². The molecule has 2 aromatic rings. The summed E-state index contributed by atoms with van der Waals surface area (Å²) in [4.78, 5) is 2.51. The predicted octanol–water partition coefficient (Wildman–Crippen LogP) is 3.28. The smallest absolute Gasteiger partial charge is 0.233 e. The van der Waals surface area contributed by atoms with E-state index in [9.17, 15) is 4.55 Å². The van der Waals surface area contributed by atoms with Crippen molar-refractivity contribution in [3.63, 3.8) is 0 Å². The van der Waals surface area contributed by atoms with Crippen molar-refractivity contribution < 1.29 is 9.29 Å². The van der Waals surface area contributed by atoms with E-state index >= 15 is 0 Å². The van der Waals surface area contributed by atoms with Crippen molar-refractivity contribution in [3.05, 3.63) is 42.0 Å². The Morgan fingerprint density at radius 3 is 2.81 bits per heavy atom. The molecule has 1 aliphatic rings. The molecule has 146 valence electrons. The van der Waals surface area contributed by atoms with Gasteiger partial charge in [-0.25, -0.2) is 0 Å². The summed E-state index contributed by atoms with van der Waals surface area (Å²) < 4.78 is 24.9. The van der Waals surface area contributed by atoms with E-state index in [-0.39, 0.29) is 0 Å². The molecule has 1 fully saturated rings. The Bertz CT molecular complexity index is 743. The highest BCUT2D eigenvalue weighted by Gasteiger charge is 2.12. The van der Waals surface area contributed by atoms with Gasteiger partial charge in [0.2, 0.25) is 11.6 Å². The molecule has 2 heterocycles. The van der Waals surface area contributed by atoms with Crippen LogP contribution in [0, 0.1) is 0 Å². The summed E-state index contributed by atoms with van der Waals surface area (Å²) in [6.07, 6.45) is 7.87. The maximum absolute atomic E-state index is 11.3. The first kappa shape index (κ1) is 19.6. The van der Waals surface area contributed by atoms with Gasteiger partial charge in [-0.15, -0.1) is 0 Å². The average Bonchev–Trinajstić information content (AvgIpc) is 3.05. The van der Waals surface area contributed by atoms with Crippen molar-refractivity contribution in [1.82, 2.24) is 13.6 Å². The Hall–Kier alpha value is -2.16. The van der Waals surface area contributed by atoms with E-state index < -0.39 is 11.1 Å². The van der Waals surface area contributed by atoms with Crippen molar-refractivity contribution in [2.24, 2.45) is 0 Å². The fraction of sp³-hybridized carbons (Fsp3) is 0.474. The molecule has 0 aliphatic carbocycles. The minimum Gasteiger partial charge on any atom is -0.546 e. The number of piperidine rings is 1. The molecule has 1 aromatic carbocycles. The van der Waals surface area contributed by atoms with Crippen molar-refractivity contribution >= 4 is 22.8 Å². The van der Waals surface area contributed by atoms with Crippen LogP contribution in [0.4, 0.5) is 11.6 Å². The highest BCUT2D eigenvalue weighted by atomic mass is 32.2. The Morgan fingerprint density at radius 1 is 1.19 bits per heavy atom. The summed E-state index contributed by atoms with van der Waals surface area (Å²) in [6, 6.07) is 8.33. The zero-order valence-corrected chi connectivity index (χ0v) is 16.5. The summed E-state index contributed by atoms with van der Waals surface area (Å²) >= 11 is -1.52. The van der Waals surface area contributed by atoms with Crippen LogP contribution in [0.1, 0.15) is 24.8 Å². The number of ether oxygens (including phenoxy) is 1. The zero-order chi connectivity index (χ0) is 18.9. The van der Waals surface area contributed by atoms with Gasteiger partial charge in [0.15, 0.2) is 11.1 Å². The molecule has 27 heavy (non-hydrogen) atoms. The third kappa shape index (κ3) is 6.20. The van der Waals surface area contributed by atoms with Crippen LogP contribution >= 0.6 is 11.1 Å². The second-order valence-electron chi connectivity index (χ2n) is 6.51. The molecule has 1 saturated heterocycles. The number of nitrogens with one attached hydrogen (secondary N) is 2. The lowest BCUT2D eigenvalue weighted by atomic mass is 10.1. The highest BCUT2D eigenvalue weighted by molar-refractivity contribution is 7.14. The van der Waals surface area contributed by atoms with E-state index in [2.05, 4.69) is 42.5 Å². The first-order valence-corrected chi connectivity index (χ1v) is 10.4. The number of likely N-dealkylation sites (tertiary alicyclic amines) is 1. The number of benzene rings is 1. The van der Waals surface area contributed by atoms with Gasteiger partial charge in [0.25, 0.3) is 0 Å². The Morgan fingerprint density at radius 2 is 2.00 bits per heavy atom.